The molecule has 1 atom stereocenters. The normalized spacial score (nSPS) is 11.7. The number of anilines is 1. The van der Waals surface area contributed by atoms with Gasteiger partial charge < -0.3 is 15.2 Å². The van der Waals surface area contributed by atoms with E-state index in [9.17, 15) is 9.59 Å². The first kappa shape index (κ1) is 22.8. The molecule has 0 spiro atoms. The van der Waals surface area contributed by atoms with E-state index in [1.165, 1.54) is 11.8 Å². The Morgan fingerprint density at radius 1 is 1.16 bits per heavy atom. The number of amides is 2. The van der Waals surface area contributed by atoms with Crippen LogP contribution >= 0.6 is 23.4 Å². The van der Waals surface area contributed by atoms with Gasteiger partial charge in [0.05, 0.1) is 11.8 Å². The minimum Gasteiger partial charge on any atom is -0.342 e. The number of nitrogens with one attached hydrogen (secondary N) is 2. The van der Waals surface area contributed by atoms with Crippen molar-refractivity contribution in [2.45, 2.75) is 38.5 Å². The van der Waals surface area contributed by atoms with Crippen LogP contribution in [0.1, 0.15) is 41.6 Å². The average Bonchev–Trinajstić information content (AvgIpc) is 3.18. The number of benzene rings is 2. The molecule has 2 aromatic carbocycles. The molecule has 9 heteroatoms. The van der Waals surface area contributed by atoms with Crippen molar-refractivity contribution in [3.63, 3.8) is 0 Å². The number of hydrogen-bond acceptors (Lipinski definition) is 5. The highest BCUT2D eigenvalue weighted by molar-refractivity contribution is 7.99. The first-order valence-electron chi connectivity index (χ1n) is 9.86. The lowest BCUT2D eigenvalue weighted by Gasteiger charge is -2.15. The Bertz CT molecular complexity index is 1070. The van der Waals surface area contributed by atoms with E-state index in [0.29, 0.717) is 33.8 Å². The van der Waals surface area contributed by atoms with Crippen LogP contribution in [0.15, 0.2) is 53.7 Å². The number of rotatable bonds is 8. The predicted octanol–water partition coefficient (Wildman–Crippen LogP) is 4.48. The Morgan fingerprint density at radius 2 is 1.90 bits per heavy atom. The van der Waals surface area contributed by atoms with Crippen LogP contribution in [-0.4, -0.2) is 32.3 Å². The van der Waals surface area contributed by atoms with E-state index in [4.69, 9.17) is 11.6 Å². The molecule has 0 aliphatic rings. The van der Waals surface area contributed by atoms with Crippen LogP contribution in [0.2, 0.25) is 5.02 Å². The van der Waals surface area contributed by atoms with Gasteiger partial charge in [0.15, 0.2) is 11.0 Å². The maximum Gasteiger partial charge on any atom is 0.251 e. The molecule has 31 heavy (non-hydrogen) atoms. The Hall–Kier alpha value is -2.84. The zero-order valence-electron chi connectivity index (χ0n) is 17.6. The van der Waals surface area contributed by atoms with Crippen LogP contribution in [-0.2, 0) is 11.3 Å². The van der Waals surface area contributed by atoms with Gasteiger partial charge in [-0.05, 0) is 50.6 Å². The van der Waals surface area contributed by atoms with Gasteiger partial charge in [0.25, 0.3) is 5.91 Å². The summed E-state index contributed by atoms with van der Waals surface area (Å²) in [5.74, 6) is 0.473. The van der Waals surface area contributed by atoms with E-state index in [1.807, 2.05) is 55.7 Å². The fourth-order valence-electron chi connectivity index (χ4n) is 2.96. The van der Waals surface area contributed by atoms with Gasteiger partial charge in [0.2, 0.25) is 5.91 Å². The molecular formula is C22H24ClN5O2S. The molecule has 2 N–H and O–H groups in total. The SMILES string of the molecule is CCn1c(SCC(=O)Nc2ccc(C)c(Cl)c2)nnc1[C@@H](C)NC(=O)c1ccccc1. The Kier molecular flexibility index (Phi) is 7.70. The molecule has 162 valence electrons. The summed E-state index contributed by atoms with van der Waals surface area (Å²) in [7, 11) is 0. The summed E-state index contributed by atoms with van der Waals surface area (Å²) < 4.78 is 1.90. The van der Waals surface area contributed by atoms with Crippen LogP contribution in [0.3, 0.4) is 0 Å². The highest BCUT2D eigenvalue weighted by atomic mass is 35.5. The van der Waals surface area contributed by atoms with Crippen LogP contribution in [0, 0.1) is 6.92 Å². The van der Waals surface area contributed by atoms with Crippen LogP contribution in [0.5, 0.6) is 0 Å². The summed E-state index contributed by atoms with van der Waals surface area (Å²) in [6, 6.07) is 14.1. The van der Waals surface area contributed by atoms with Gasteiger partial charge in [-0.1, -0.05) is 47.6 Å². The molecule has 0 fully saturated rings. The summed E-state index contributed by atoms with van der Waals surface area (Å²) in [6.45, 7) is 6.35. The number of aryl methyl sites for hydroxylation is 1. The molecule has 0 unspecified atom stereocenters. The number of nitrogens with zero attached hydrogens (tertiary/aromatic N) is 3. The van der Waals surface area contributed by atoms with Crippen molar-refractivity contribution in [3.8, 4) is 0 Å². The minimum atomic E-state index is -0.335. The first-order chi connectivity index (χ1) is 14.9. The van der Waals surface area contributed by atoms with Crippen molar-refractivity contribution >= 4 is 40.9 Å². The lowest BCUT2D eigenvalue weighted by molar-refractivity contribution is -0.113. The molecule has 7 nitrogen and oxygen atoms in total. The molecule has 0 saturated carbocycles. The summed E-state index contributed by atoms with van der Waals surface area (Å²) in [4.78, 5) is 24.8. The Labute approximate surface area is 190 Å². The third-order valence-corrected chi connectivity index (χ3v) is 5.99. The topological polar surface area (TPSA) is 88.9 Å². The Morgan fingerprint density at radius 3 is 2.58 bits per heavy atom. The third-order valence-electron chi connectivity index (χ3n) is 4.62. The number of carbonyl (C=O) groups is 2. The Balaban J connectivity index is 1.62. The van der Waals surface area contributed by atoms with E-state index in [1.54, 1.807) is 18.2 Å². The lowest BCUT2D eigenvalue weighted by Crippen LogP contribution is -2.28. The summed E-state index contributed by atoms with van der Waals surface area (Å²) in [5.41, 5.74) is 2.18. The molecule has 3 aromatic rings. The molecule has 0 saturated heterocycles. The smallest absolute Gasteiger partial charge is 0.251 e. The van der Waals surface area contributed by atoms with E-state index >= 15 is 0 Å². The number of halogens is 1. The summed E-state index contributed by atoms with van der Waals surface area (Å²) in [6.07, 6.45) is 0. The number of carbonyl (C=O) groups excluding carboxylic acids is 2. The highest BCUT2D eigenvalue weighted by Gasteiger charge is 2.20. The number of thioether (sulfide) groups is 1. The molecule has 0 bridgehead atoms. The number of aromatic nitrogens is 3. The molecule has 0 aliphatic carbocycles. The molecule has 0 radical (unpaired) electrons. The van der Waals surface area contributed by atoms with Crippen molar-refractivity contribution in [3.05, 3.63) is 70.5 Å². The van der Waals surface area contributed by atoms with Crippen molar-refractivity contribution in [1.29, 1.82) is 0 Å². The van der Waals surface area contributed by atoms with Gasteiger partial charge >= 0.3 is 0 Å². The van der Waals surface area contributed by atoms with Gasteiger partial charge in [-0.15, -0.1) is 10.2 Å². The fraction of sp³-hybridized carbons (Fsp3) is 0.273. The van der Waals surface area contributed by atoms with Crippen molar-refractivity contribution in [2.75, 3.05) is 11.1 Å². The average molecular weight is 458 g/mol. The summed E-state index contributed by atoms with van der Waals surface area (Å²) >= 11 is 7.40. The first-order valence-corrected chi connectivity index (χ1v) is 11.2. The van der Waals surface area contributed by atoms with Crippen molar-refractivity contribution in [1.82, 2.24) is 20.1 Å². The zero-order valence-corrected chi connectivity index (χ0v) is 19.1. The maximum absolute atomic E-state index is 12.4. The third kappa shape index (κ3) is 5.86. The van der Waals surface area contributed by atoms with E-state index < -0.39 is 0 Å². The van der Waals surface area contributed by atoms with E-state index in [0.717, 1.165) is 5.56 Å². The minimum absolute atomic E-state index is 0.164. The van der Waals surface area contributed by atoms with Gasteiger partial charge in [-0.25, -0.2) is 0 Å². The second-order valence-electron chi connectivity index (χ2n) is 6.95. The second kappa shape index (κ2) is 10.5. The predicted molar refractivity (Wildman–Crippen MR) is 124 cm³/mol. The van der Waals surface area contributed by atoms with Crippen molar-refractivity contribution in [2.24, 2.45) is 0 Å². The highest BCUT2D eigenvalue weighted by Crippen LogP contribution is 2.23. The van der Waals surface area contributed by atoms with Crippen LogP contribution in [0.4, 0.5) is 5.69 Å². The largest absolute Gasteiger partial charge is 0.342 e. The van der Waals surface area contributed by atoms with E-state index in [-0.39, 0.29) is 23.6 Å². The maximum atomic E-state index is 12.4. The van der Waals surface area contributed by atoms with Gasteiger partial charge in [-0.3, -0.25) is 9.59 Å². The van der Waals surface area contributed by atoms with Gasteiger partial charge in [0, 0.05) is 22.8 Å². The van der Waals surface area contributed by atoms with Crippen LogP contribution in [0.25, 0.3) is 0 Å². The molecule has 1 aromatic heterocycles. The monoisotopic (exact) mass is 457 g/mol. The zero-order chi connectivity index (χ0) is 22.4. The molecule has 0 aliphatic heterocycles. The fourth-order valence-corrected chi connectivity index (χ4v) is 3.95. The standard InChI is InChI=1S/C22H24ClN5O2S/c1-4-28-20(15(3)24-21(30)16-8-6-5-7-9-16)26-27-22(28)31-13-19(29)25-17-11-10-14(2)18(23)12-17/h5-12,15H,4,13H2,1-3H3,(H,24,30)(H,25,29)/t15-/m1/s1. The molecule has 3 rings (SSSR count). The van der Waals surface area contributed by atoms with Gasteiger partial charge in [-0.2, -0.15) is 0 Å². The molecular weight excluding hydrogens is 434 g/mol. The summed E-state index contributed by atoms with van der Waals surface area (Å²) in [5, 5.41) is 15.5. The van der Waals surface area contributed by atoms with E-state index in [2.05, 4.69) is 20.8 Å². The lowest BCUT2D eigenvalue weighted by atomic mass is 10.2. The molecule has 1 heterocycles. The second-order valence-corrected chi connectivity index (χ2v) is 8.30. The number of hydrogen-bond donors (Lipinski definition) is 2. The van der Waals surface area contributed by atoms with Gasteiger partial charge in [0.1, 0.15) is 0 Å². The van der Waals surface area contributed by atoms with Crippen LogP contribution < -0.4 is 10.6 Å². The van der Waals surface area contributed by atoms with Crippen molar-refractivity contribution < 1.29 is 9.59 Å². The quantitative estimate of drug-likeness (QED) is 0.487. The molecule has 2 amide bonds.